The Morgan fingerprint density at radius 1 is 1.13 bits per heavy atom. The minimum absolute atomic E-state index is 0.00519. The first-order chi connectivity index (χ1) is 24.9. The lowest BCUT2D eigenvalue weighted by molar-refractivity contribution is -0.832. The highest BCUT2D eigenvalue weighted by atomic mass is 35.5. The van der Waals surface area contributed by atoms with E-state index in [4.69, 9.17) is 25.8 Å². The number of carbonyl (C=O) groups is 2. The molecule has 1 aliphatic carbocycles. The van der Waals surface area contributed by atoms with Crippen molar-refractivity contribution in [3.8, 4) is 17.7 Å². The van der Waals surface area contributed by atoms with E-state index in [2.05, 4.69) is 59.3 Å². The summed E-state index contributed by atoms with van der Waals surface area (Å²) in [5.41, 5.74) is 2.30. The van der Waals surface area contributed by atoms with Crippen LogP contribution in [0.5, 0.6) is 5.88 Å². The number of likely N-dealkylation sites (tertiary alicyclic amines) is 1. The van der Waals surface area contributed by atoms with Crippen molar-refractivity contribution in [1.82, 2.24) is 10.1 Å². The second-order valence-electron chi connectivity index (χ2n) is 13.6. The molecule has 1 aliphatic heterocycles. The van der Waals surface area contributed by atoms with Crippen LogP contribution in [0.4, 0.5) is 0 Å². The van der Waals surface area contributed by atoms with E-state index >= 15 is 0 Å². The van der Waals surface area contributed by atoms with Crippen LogP contribution in [-0.4, -0.2) is 75.7 Å². The fourth-order valence-corrected chi connectivity index (χ4v) is 8.30. The summed E-state index contributed by atoms with van der Waals surface area (Å²) in [5.74, 6) is 5.07. The normalized spacial score (nSPS) is 22.0. The highest BCUT2D eigenvalue weighted by molar-refractivity contribution is 7.91. The third-order valence-electron chi connectivity index (χ3n) is 9.89. The summed E-state index contributed by atoms with van der Waals surface area (Å²) in [4.78, 5) is 26.5. The highest BCUT2D eigenvalue weighted by Crippen LogP contribution is 2.49. The Bertz CT molecular complexity index is 1750. The molecule has 2 aliphatic rings. The fraction of sp³-hybridized carbons (Fsp3) is 0.526. The monoisotopic (exact) mass is 757 g/mol. The average Bonchev–Trinajstić information content (AvgIpc) is 3.53. The molecule has 12 nitrogen and oxygen atoms in total. The third kappa shape index (κ3) is 10.9. The summed E-state index contributed by atoms with van der Waals surface area (Å²) in [5, 5.41) is 14.5. The predicted molar refractivity (Wildman–Crippen MR) is 194 cm³/mol. The number of hydrogen-bond acceptors (Lipinski definition) is 11. The van der Waals surface area contributed by atoms with Crippen molar-refractivity contribution in [1.29, 1.82) is 0 Å². The van der Waals surface area contributed by atoms with E-state index in [-0.39, 0.29) is 59.6 Å². The smallest absolute Gasteiger partial charge is 0.415 e. The van der Waals surface area contributed by atoms with Gasteiger partial charge in [-0.25, -0.2) is 8.42 Å². The summed E-state index contributed by atoms with van der Waals surface area (Å²) in [7, 11) is -4.25. The molecule has 0 spiro atoms. The molecule has 0 radical (unpaired) electrons. The van der Waals surface area contributed by atoms with Crippen LogP contribution in [0.2, 0.25) is 0 Å². The van der Waals surface area contributed by atoms with E-state index in [1.54, 1.807) is 6.07 Å². The van der Waals surface area contributed by atoms with Gasteiger partial charge in [-0.05, 0) is 79.4 Å². The Morgan fingerprint density at radius 3 is 2.56 bits per heavy atom. The van der Waals surface area contributed by atoms with Gasteiger partial charge in [0.25, 0.3) is 9.84 Å². The molecule has 1 aromatic carbocycles. The maximum atomic E-state index is 12.8. The van der Waals surface area contributed by atoms with E-state index in [9.17, 15) is 23.2 Å². The molecule has 2 fully saturated rings. The van der Waals surface area contributed by atoms with Crippen molar-refractivity contribution >= 4 is 33.4 Å². The molecule has 0 amide bonds. The van der Waals surface area contributed by atoms with E-state index in [1.165, 1.54) is 29.8 Å². The maximum Gasteiger partial charge on any atom is 0.415 e. The van der Waals surface area contributed by atoms with E-state index in [1.807, 2.05) is 0 Å². The molecule has 4 atom stereocenters. The molecule has 1 saturated heterocycles. The van der Waals surface area contributed by atoms with Crippen molar-refractivity contribution < 1.29 is 41.7 Å². The lowest BCUT2D eigenvalue weighted by Gasteiger charge is -2.45. The summed E-state index contributed by atoms with van der Waals surface area (Å²) in [6.45, 7) is 17.5. The fourth-order valence-electron chi connectivity index (χ4n) is 6.82. The zero-order valence-corrected chi connectivity index (χ0v) is 31.3. The molecular formula is C38H48ClN3O9S. The SMILES string of the molecule is C=C[C@]1(C)CC[C@@H](C(=C)CN2CCCC(COC(=O)CCCC(=O)OCC#CCOc3no[n+]([O-])c3S(=O)(=O)c3ccccc3)C2)C[C@H]1C(=C)CCl. The molecule has 1 aromatic heterocycles. The van der Waals surface area contributed by atoms with Crippen molar-refractivity contribution in [2.24, 2.45) is 23.2 Å². The Labute approximate surface area is 311 Å². The second kappa shape index (κ2) is 19.1. The van der Waals surface area contributed by atoms with Crippen LogP contribution in [0.3, 0.4) is 0 Å². The minimum atomic E-state index is -4.25. The number of piperidine rings is 1. The van der Waals surface area contributed by atoms with Crippen LogP contribution in [-0.2, 0) is 28.9 Å². The predicted octanol–water partition coefficient (Wildman–Crippen LogP) is 5.45. The number of carbonyl (C=O) groups excluding carboxylic acids is 2. The maximum absolute atomic E-state index is 12.8. The van der Waals surface area contributed by atoms with Crippen molar-refractivity contribution in [2.45, 2.75) is 68.2 Å². The molecule has 52 heavy (non-hydrogen) atoms. The van der Waals surface area contributed by atoms with Crippen LogP contribution in [0.1, 0.15) is 58.3 Å². The van der Waals surface area contributed by atoms with Crippen molar-refractivity contribution in [3.63, 3.8) is 0 Å². The van der Waals surface area contributed by atoms with Gasteiger partial charge in [-0.15, -0.1) is 18.2 Å². The number of ether oxygens (including phenoxy) is 3. The number of nitrogens with zero attached hydrogens (tertiary/aromatic N) is 3. The standard InChI is InChI=1S/C38H48ClN3O9S/c1-5-38(4)19-18-31(23-33(38)28(2)24-39)29(3)25-41-20-12-13-30(26-41)27-50-35(44)17-11-16-34(43)48-21-9-10-22-49-36-37(42(45)51-40-36)52(46,47)32-14-7-6-8-15-32/h5-8,14-15,30-31,33H,1-3,11-13,16-27H2,4H3/t30?,31-,33+,38-/m1/s1. The summed E-state index contributed by atoms with van der Waals surface area (Å²) in [6.07, 6.45) is 7.54. The number of rotatable bonds is 17. The molecular weight excluding hydrogens is 710 g/mol. The molecule has 4 rings (SSSR count). The van der Waals surface area contributed by atoms with Gasteiger partial charge in [0.1, 0.15) is 0 Å². The van der Waals surface area contributed by atoms with Gasteiger partial charge in [-0.3, -0.25) is 19.1 Å². The zero-order chi connectivity index (χ0) is 37.7. The largest absolute Gasteiger partial charge is 0.465 e. The van der Waals surface area contributed by atoms with Crippen LogP contribution < -0.4 is 9.64 Å². The highest BCUT2D eigenvalue weighted by Gasteiger charge is 2.40. The van der Waals surface area contributed by atoms with Gasteiger partial charge in [0.15, 0.2) is 13.2 Å². The quantitative estimate of drug-likeness (QED) is 0.0666. The number of alkyl halides is 1. The van der Waals surface area contributed by atoms with E-state index in [0.29, 0.717) is 24.3 Å². The molecule has 0 N–H and O–H groups in total. The second-order valence-corrected chi connectivity index (χ2v) is 15.8. The van der Waals surface area contributed by atoms with Gasteiger partial charge in [0.2, 0.25) is 0 Å². The number of halogens is 1. The number of aromatic nitrogens is 2. The van der Waals surface area contributed by atoms with Gasteiger partial charge >= 0.3 is 22.8 Å². The van der Waals surface area contributed by atoms with Crippen molar-refractivity contribution in [3.05, 3.63) is 72.5 Å². The first kappa shape index (κ1) is 40.6. The lowest BCUT2D eigenvalue weighted by atomic mass is 9.61. The number of sulfone groups is 1. The van der Waals surface area contributed by atoms with E-state index in [0.717, 1.165) is 57.3 Å². The Morgan fingerprint density at radius 2 is 1.85 bits per heavy atom. The van der Waals surface area contributed by atoms with Gasteiger partial charge in [0.05, 0.1) is 16.7 Å². The van der Waals surface area contributed by atoms with Crippen LogP contribution in [0.15, 0.2) is 81.8 Å². The first-order valence-corrected chi connectivity index (χ1v) is 19.5. The molecule has 1 saturated carbocycles. The number of allylic oxidation sites excluding steroid dienone is 2. The molecule has 282 valence electrons. The summed E-state index contributed by atoms with van der Waals surface area (Å²) < 4.78 is 45.8. The van der Waals surface area contributed by atoms with Crippen molar-refractivity contribution in [2.75, 3.05) is 45.3 Å². The number of esters is 2. The number of benzene rings is 1. The van der Waals surface area contributed by atoms with E-state index < -0.39 is 26.7 Å². The average molecular weight is 758 g/mol. The third-order valence-corrected chi connectivity index (χ3v) is 12.0. The molecule has 14 heteroatoms. The van der Waals surface area contributed by atoms with Crippen LogP contribution in [0.25, 0.3) is 0 Å². The zero-order valence-electron chi connectivity index (χ0n) is 29.7. The summed E-state index contributed by atoms with van der Waals surface area (Å²) in [6, 6.07) is 7.28. The molecule has 1 unspecified atom stereocenters. The molecule has 2 aromatic rings. The Balaban J connectivity index is 1.10. The number of hydrogen-bond donors (Lipinski definition) is 0. The van der Waals surface area contributed by atoms with Crippen LogP contribution in [0, 0.1) is 40.2 Å². The molecule has 0 bridgehead atoms. The van der Waals surface area contributed by atoms with Gasteiger partial charge < -0.3 is 19.4 Å². The Hall–Kier alpha value is -4.12. The first-order valence-electron chi connectivity index (χ1n) is 17.4. The van der Waals surface area contributed by atoms with Gasteiger partial charge in [-0.1, -0.05) is 67.3 Å². The summed E-state index contributed by atoms with van der Waals surface area (Å²) >= 11 is 6.18. The Kier molecular flexibility index (Phi) is 14.9. The van der Waals surface area contributed by atoms with Gasteiger partial charge in [-0.2, -0.15) is 0 Å². The molecule has 2 heterocycles. The lowest BCUT2D eigenvalue weighted by Crippen LogP contribution is -2.40. The van der Waals surface area contributed by atoms with Crippen LogP contribution >= 0.6 is 11.6 Å². The van der Waals surface area contributed by atoms with Gasteiger partial charge in [0, 0.05) is 37.7 Å². The topological polar surface area (TPSA) is 152 Å². The minimum Gasteiger partial charge on any atom is -0.465 e.